The van der Waals surface area contributed by atoms with Gasteiger partial charge >= 0.3 is 5.97 Å². The Balaban J connectivity index is 0.000000168. The van der Waals surface area contributed by atoms with E-state index < -0.39 is 5.41 Å². The molecule has 3 nitrogen and oxygen atoms in total. The molecule has 4 aliphatic rings. The van der Waals surface area contributed by atoms with Gasteiger partial charge in [-0.3, -0.25) is 4.79 Å². The van der Waals surface area contributed by atoms with E-state index in [2.05, 4.69) is 0 Å². The number of rotatable bonds is 1. The van der Waals surface area contributed by atoms with Gasteiger partial charge in [-0.05, 0) is 81.5 Å². The first-order chi connectivity index (χ1) is 10.6. The molecule has 0 aromatic heterocycles. The minimum Gasteiger partial charge on any atom is -0.469 e. The van der Waals surface area contributed by atoms with Crippen molar-refractivity contribution in [3.05, 3.63) is 0 Å². The van der Waals surface area contributed by atoms with E-state index >= 15 is 0 Å². The standard InChI is InChI=1S/C11H18O.C9H18O2/c12-9-5-10-7-1-2-8(4-3-7)11(10)6-9;1-8(2,3)9(4,5)7(10)11-6/h7-12H,1-6H2;1-6H3. The largest absolute Gasteiger partial charge is 0.469 e. The Labute approximate surface area is 142 Å². The zero-order valence-electron chi connectivity index (χ0n) is 15.9. The van der Waals surface area contributed by atoms with Crippen molar-refractivity contribution in [2.45, 2.75) is 79.2 Å². The Kier molecular flexibility index (Phi) is 5.50. The topological polar surface area (TPSA) is 46.5 Å². The van der Waals surface area contributed by atoms with Gasteiger partial charge in [-0.1, -0.05) is 20.8 Å². The lowest BCUT2D eigenvalue weighted by Gasteiger charge is -2.45. The lowest BCUT2D eigenvalue weighted by molar-refractivity contribution is -0.156. The average molecular weight is 325 g/mol. The number of aliphatic hydroxyl groups excluding tert-OH is 1. The van der Waals surface area contributed by atoms with Crippen molar-refractivity contribution in [2.75, 3.05) is 7.11 Å². The van der Waals surface area contributed by atoms with Gasteiger partial charge in [0.2, 0.25) is 0 Å². The molecule has 3 heteroatoms. The lowest BCUT2D eigenvalue weighted by Crippen LogP contribution is -2.38. The van der Waals surface area contributed by atoms with Crippen LogP contribution in [0.15, 0.2) is 0 Å². The molecule has 23 heavy (non-hydrogen) atoms. The fraction of sp³-hybridized carbons (Fsp3) is 0.950. The molecule has 1 N–H and O–H groups in total. The van der Waals surface area contributed by atoms with Gasteiger partial charge in [0, 0.05) is 0 Å². The highest BCUT2D eigenvalue weighted by Crippen LogP contribution is 2.55. The molecule has 0 heterocycles. The molecule has 2 atom stereocenters. The minimum atomic E-state index is -0.415. The SMILES string of the molecule is COC(=O)C(C)(C)C(C)(C)C.OC1CC2C3CCC(CC3)C2C1. The van der Waals surface area contributed by atoms with Gasteiger partial charge in [0.1, 0.15) is 0 Å². The van der Waals surface area contributed by atoms with Crippen LogP contribution in [-0.2, 0) is 9.53 Å². The van der Waals surface area contributed by atoms with Gasteiger partial charge < -0.3 is 9.84 Å². The van der Waals surface area contributed by atoms with E-state index in [4.69, 9.17) is 4.74 Å². The second-order valence-corrected chi connectivity index (χ2v) is 9.49. The quantitative estimate of drug-likeness (QED) is 0.726. The van der Waals surface area contributed by atoms with Crippen molar-refractivity contribution in [1.29, 1.82) is 0 Å². The number of hydrogen-bond donors (Lipinski definition) is 1. The van der Waals surface area contributed by atoms with Gasteiger partial charge in [-0.25, -0.2) is 0 Å². The Morgan fingerprint density at radius 3 is 1.57 bits per heavy atom. The summed E-state index contributed by atoms with van der Waals surface area (Å²) < 4.78 is 4.70. The highest BCUT2D eigenvalue weighted by atomic mass is 16.5. The number of aliphatic hydroxyl groups is 1. The molecule has 4 fully saturated rings. The summed E-state index contributed by atoms with van der Waals surface area (Å²) in [5.74, 6) is 3.69. The van der Waals surface area contributed by atoms with Crippen molar-refractivity contribution in [3.63, 3.8) is 0 Å². The summed E-state index contributed by atoms with van der Waals surface area (Å²) in [7, 11) is 1.43. The van der Waals surface area contributed by atoms with E-state index in [9.17, 15) is 9.90 Å². The number of carbonyl (C=O) groups excluding carboxylic acids is 1. The molecule has 0 radical (unpaired) electrons. The number of ether oxygens (including phenoxy) is 1. The first-order valence-electron chi connectivity index (χ1n) is 9.34. The molecule has 134 valence electrons. The highest BCUT2D eigenvalue weighted by molar-refractivity contribution is 5.76. The number of methoxy groups -OCH3 is 1. The van der Waals surface area contributed by atoms with Crippen LogP contribution in [-0.4, -0.2) is 24.3 Å². The van der Waals surface area contributed by atoms with Crippen LogP contribution in [0.1, 0.15) is 73.1 Å². The van der Waals surface area contributed by atoms with Crippen LogP contribution in [0.5, 0.6) is 0 Å². The van der Waals surface area contributed by atoms with Crippen LogP contribution in [0.4, 0.5) is 0 Å². The third-order valence-electron chi connectivity index (χ3n) is 7.24. The van der Waals surface area contributed by atoms with Gasteiger partial charge in [0.25, 0.3) is 0 Å². The third kappa shape index (κ3) is 3.75. The van der Waals surface area contributed by atoms with E-state index in [1.54, 1.807) is 0 Å². The Hall–Kier alpha value is -0.570. The van der Waals surface area contributed by atoms with Crippen LogP contribution >= 0.6 is 0 Å². The molecule has 0 aromatic rings. The summed E-state index contributed by atoms with van der Waals surface area (Å²) in [6.07, 6.45) is 8.20. The summed E-state index contributed by atoms with van der Waals surface area (Å²) in [5.41, 5.74) is -0.470. The van der Waals surface area contributed by atoms with Crippen molar-refractivity contribution in [1.82, 2.24) is 0 Å². The van der Waals surface area contributed by atoms with Gasteiger partial charge in [0.15, 0.2) is 0 Å². The Morgan fingerprint density at radius 2 is 1.30 bits per heavy atom. The molecule has 2 unspecified atom stereocenters. The molecule has 0 spiro atoms. The molecular weight excluding hydrogens is 288 g/mol. The molecule has 4 saturated carbocycles. The maximum atomic E-state index is 11.3. The molecule has 0 amide bonds. The third-order valence-corrected chi connectivity index (χ3v) is 7.24. The maximum absolute atomic E-state index is 11.3. The Morgan fingerprint density at radius 1 is 0.913 bits per heavy atom. The predicted molar refractivity (Wildman–Crippen MR) is 92.9 cm³/mol. The van der Waals surface area contributed by atoms with Crippen LogP contribution in [0, 0.1) is 34.5 Å². The molecule has 0 aromatic carbocycles. The van der Waals surface area contributed by atoms with Crippen LogP contribution in [0.2, 0.25) is 0 Å². The minimum absolute atomic E-state index is 0.0555. The zero-order valence-corrected chi connectivity index (χ0v) is 15.9. The van der Waals surface area contributed by atoms with Crippen LogP contribution in [0.3, 0.4) is 0 Å². The van der Waals surface area contributed by atoms with Crippen LogP contribution < -0.4 is 0 Å². The van der Waals surface area contributed by atoms with Gasteiger partial charge in [-0.15, -0.1) is 0 Å². The second-order valence-electron chi connectivity index (χ2n) is 9.49. The zero-order chi connectivity index (χ0) is 17.4. The number of carbonyl (C=O) groups is 1. The lowest BCUT2D eigenvalue weighted by atomic mass is 9.60. The van der Waals surface area contributed by atoms with E-state index in [1.165, 1.54) is 32.8 Å². The highest BCUT2D eigenvalue weighted by Gasteiger charge is 2.48. The summed E-state index contributed by atoms with van der Waals surface area (Å²) >= 11 is 0. The van der Waals surface area contributed by atoms with Crippen LogP contribution in [0.25, 0.3) is 0 Å². The van der Waals surface area contributed by atoms with E-state index in [0.29, 0.717) is 0 Å². The summed E-state index contributed by atoms with van der Waals surface area (Å²) in [6.45, 7) is 9.90. The smallest absolute Gasteiger partial charge is 0.311 e. The van der Waals surface area contributed by atoms with E-state index in [1.807, 2.05) is 34.6 Å². The van der Waals surface area contributed by atoms with Crippen molar-refractivity contribution in [2.24, 2.45) is 34.5 Å². The number of fused-ring (bicyclic) bond motifs is 2. The molecule has 0 saturated heterocycles. The monoisotopic (exact) mass is 324 g/mol. The van der Waals surface area contributed by atoms with E-state index in [0.717, 1.165) is 36.5 Å². The molecule has 0 aliphatic heterocycles. The predicted octanol–water partition coefficient (Wildman–Crippen LogP) is 4.43. The van der Waals surface area contributed by atoms with Crippen molar-refractivity contribution >= 4 is 5.97 Å². The van der Waals surface area contributed by atoms with Gasteiger partial charge in [0.05, 0.1) is 18.6 Å². The van der Waals surface area contributed by atoms with E-state index in [-0.39, 0.29) is 17.5 Å². The normalized spacial score (nSPS) is 36.0. The summed E-state index contributed by atoms with van der Waals surface area (Å²) in [5, 5.41) is 9.62. The van der Waals surface area contributed by atoms with Crippen molar-refractivity contribution in [3.8, 4) is 0 Å². The van der Waals surface area contributed by atoms with Gasteiger partial charge in [-0.2, -0.15) is 0 Å². The summed E-state index contributed by atoms with van der Waals surface area (Å²) in [4.78, 5) is 11.3. The number of hydrogen-bond acceptors (Lipinski definition) is 3. The average Bonchev–Trinajstić information content (AvgIpc) is 2.90. The molecular formula is C20H36O3. The molecule has 4 rings (SSSR count). The fourth-order valence-electron chi connectivity index (χ4n) is 4.72. The number of esters is 1. The summed E-state index contributed by atoms with van der Waals surface area (Å²) in [6, 6.07) is 0. The first-order valence-corrected chi connectivity index (χ1v) is 9.34. The molecule has 2 bridgehead atoms. The molecule has 4 aliphatic carbocycles. The van der Waals surface area contributed by atoms with Crippen molar-refractivity contribution < 1.29 is 14.6 Å². The fourth-order valence-corrected chi connectivity index (χ4v) is 4.72. The first kappa shape index (κ1) is 18.8. The second kappa shape index (κ2) is 6.74. The maximum Gasteiger partial charge on any atom is 0.311 e. The Bertz CT molecular complexity index is 393.